The average molecular weight is 291 g/mol. The van der Waals surface area contributed by atoms with Crippen molar-refractivity contribution >= 4 is 31.3 Å². The molecule has 96 valence electrons. The summed E-state index contributed by atoms with van der Waals surface area (Å²) in [5.74, 6) is 0. The number of hydrogen-bond donors (Lipinski definition) is 1. The van der Waals surface area contributed by atoms with Gasteiger partial charge in [0, 0.05) is 0 Å². The molecule has 1 unspecified atom stereocenters. The summed E-state index contributed by atoms with van der Waals surface area (Å²) < 4.78 is -0.984. The molecule has 1 atom stereocenters. The Hall–Kier alpha value is -0.0231. The third kappa shape index (κ3) is 3.99. The number of rotatable bonds is 5. The van der Waals surface area contributed by atoms with E-state index >= 15 is 0 Å². The van der Waals surface area contributed by atoms with Crippen LogP contribution in [0.1, 0.15) is 12.0 Å². The zero-order valence-electron chi connectivity index (χ0n) is 10.6. The van der Waals surface area contributed by atoms with Crippen LogP contribution in [0.5, 0.6) is 0 Å². The van der Waals surface area contributed by atoms with Gasteiger partial charge in [-0.2, -0.15) is 0 Å². The Balaban J connectivity index is 2.59. The first-order chi connectivity index (χ1) is 7.75. The standard InChI is InChI=1S/C13H20Cl2OSi/c1-17(2,3)13(14,15)12(16)10-9-11-7-5-4-6-8-11/h4-8,12,16H,9-10H2,1-3H3. The van der Waals surface area contributed by atoms with Crippen LogP contribution < -0.4 is 0 Å². The molecule has 0 bridgehead atoms. The van der Waals surface area contributed by atoms with Crippen LogP contribution in [0.4, 0.5) is 0 Å². The Morgan fingerprint density at radius 3 is 2.18 bits per heavy atom. The first-order valence-electron chi connectivity index (χ1n) is 5.85. The average Bonchev–Trinajstić information content (AvgIpc) is 2.25. The van der Waals surface area contributed by atoms with Gasteiger partial charge in [-0.3, -0.25) is 0 Å². The van der Waals surface area contributed by atoms with Crippen molar-refractivity contribution in [3.05, 3.63) is 35.9 Å². The van der Waals surface area contributed by atoms with E-state index in [2.05, 4.69) is 19.6 Å². The lowest BCUT2D eigenvalue weighted by Crippen LogP contribution is -2.51. The first-order valence-corrected chi connectivity index (χ1v) is 10.1. The predicted octanol–water partition coefficient (Wildman–Crippen LogP) is 4.03. The maximum atomic E-state index is 10.1. The lowest BCUT2D eigenvalue weighted by Gasteiger charge is -2.36. The molecule has 0 amide bonds. The number of alkyl halides is 2. The molecule has 0 heterocycles. The molecule has 1 aromatic carbocycles. The van der Waals surface area contributed by atoms with Gasteiger partial charge >= 0.3 is 0 Å². The molecule has 0 saturated carbocycles. The van der Waals surface area contributed by atoms with Crippen molar-refractivity contribution in [2.24, 2.45) is 0 Å². The molecule has 0 fully saturated rings. The van der Waals surface area contributed by atoms with Gasteiger partial charge in [0.05, 0.1) is 14.2 Å². The number of halogens is 2. The van der Waals surface area contributed by atoms with Gasteiger partial charge in [-0.25, -0.2) is 0 Å². The Kier molecular flexibility index (Phi) is 5.08. The monoisotopic (exact) mass is 290 g/mol. The molecule has 0 saturated heterocycles. The minimum Gasteiger partial charge on any atom is -0.390 e. The second-order valence-electron chi connectivity index (χ2n) is 5.41. The summed E-state index contributed by atoms with van der Waals surface area (Å²) in [7, 11) is -1.81. The summed E-state index contributed by atoms with van der Waals surface area (Å²) in [6.45, 7) is 6.20. The van der Waals surface area contributed by atoms with Crippen molar-refractivity contribution in [2.75, 3.05) is 0 Å². The highest BCUT2D eigenvalue weighted by molar-refractivity contribution is 6.94. The minimum atomic E-state index is -1.81. The van der Waals surface area contributed by atoms with Crippen LogP contribution in [0.2, 0.25) is 19.6 Å². The largest absolute Gasteiger partial charge is 0.390 e. The Labute approximate surface area is 115 Å². The van der Waals surface area contributed by atoms with Crippen molar-refractivity contribution in [3.8, 4) is 0 Å². The zero-order chi connectivity index (χ0) is 13.1. The van der Waals surface area contributed by atoms with E-state index in [4.69, 9.17) is 23.2 Å². The van der Waals surface area contributed by atoms with Crippen molar-refractivity contribution in [2.45, 2.75) is 42.5 Å². The number of hydrogen-bond acceptors (Lipinski definition) is 1. The number of aryl methyl sites for hydroxylation is 1. The maximum absolute atomic E-state index is 10.1. The van der Waals surface area contributed by atoms with E-state index in [1.54, 1.807) is 0 Å². The van der Waals surface area contributed by atoms with Crippen LogP contribution in [-0.2, 0) is 6.42 Å². The third-order valence-corrected chi connectivity index (χ3v) is 9.21. The fourth-order valence-corrected chi connectivity index (χ4v) is 2.99. The first kappa shape index (κ1) is 15.0. The topological polar surface area (TPSA) is 20.2 Å². The lowest BCUT2D eigenvalue weighted by molar-refractivity contribution is 0.166. The molecule has 1 rings (SSSR count). The van der Waals surface area contributed by atoms with Crippen molar-refractivity contribution < 1.29 is 5.11 Å². The number of benzene rings is 1. The van der Waals surface area contributed by atoms with E-state index < -0.39 is 18.1 Å². The van der Waals surface area contributed by atoms with E-state index in [1.807, 2.05) is 30.3 Å². The van der Waals surface area contributed by atoms with Gasteiger partial charge in [0.25, 0.3) is 0 Å². The highest BCUT2D eigenvalue weighted by Gasteiger charge is 2.45. The van der Waals surface area contributed by atoms with E-state index in [0.29, 0.717) is 6.42 Å². The van der Waals surface area contributed by atoms with Gasteiger partial charge in [0.1, 0.15) is 3.96 Å². The van der Waals surface area contributed by atoms with Gasteiger partial charge in [0.2, 0.25) is 0 Å². The molecular weight excluding hydrogens is 271 g/mol. The molecule has 1 nitrogen and oxygen atoms in total. The van der Waals surface area contributed by atoms with Gasteiger partial charge < -0.3 is 5.11 Å². The quantitative estimate of drug-likeness (QED) is 0.641. The van der Waals surface area contributed by atoms with Crippen LogP contribution in [0.15, 0.2) is 30.3 Å². The van der Waals surface area contributed by atoms with Crippen LogP contribution >= 0.6 is 23.2 Å². The Bertz CT molecular complexity index is 346. The summed E-state index contributed by atoms with van der Waals surface area (Å²) in [5.41, 5.74) is 1.20. The summed E-state index contributed by atoms with van der Waals surface area (Å²) >= 11 is 12.6. The van der Waals surface area contributed by atoms with E-state index in [0.717, 1.165) is 6.42 Å². The molecule has 1 N–H and O–H groups in total. The molecule has 0 aliphatic rings. The molecule has 4 heteroatoms. The molecule has 0 radical (unpaired) electrons. The normalized spacial score (nSPS) is 14.7. The number of aliphatic hydroxyl groups is 1. The number of aliphatic hydroxyl groups excluding tert-OH is 1. The van der Waals surface area contributed by atoms with Gasteiger partial charge in [0.15, 0.2) is 0 Å². The molecule has 0 spiro atoms. The van der Waals surface area contributed by atoms with Gasteiger partial charge in [-0.1, -0.05) is 50.0 Å². The fraction of sp³-hybridized carbons (Fsp3) is 0.538. The fourth-order valence-electron chi connectivity index (χ4n) is 1.63. The second kappa shape index (κ2) is 5.74. The van der Waals surface area contributed by atoms with E-state index in [-0.39, 0.29) is 0 Å². The van der Waals surface area contributed by atoms with Crippen LogP contribution in [-0.4, -0.2) is 23.2 Å². The van der Waals surface area contributed by atoms with Gasteiger partial charge in [-0.05, 0) is 18.4 Å². The van der Waals surface area contributed by atoms with Crippen molar-refractivity contribution in [1.29, 1.82) is 0 Å². The van der Waals surface area contributed by atoms with Gasteiger partial charge in [-0.15, -0.1) is 23.2 Å². The Morgan fingerprint density at radius 1 is 1.18 bits per heavy atom. The lowest BCUT2D eigenvalue weighted by atomic mass is 10.1. The SMILES string of the molecule is C[Si](C)(C)C(Cl)(Cl)C(O)CCc1ccccc1. The summed E-state index contributed by atoms with van der Waals surface area (Å²) in [4.78, 5) is 0. The predicted molar refractivity (Wildman–Crippen MR) is 78.6 cm³/mol. The van der Waals surface area contributed by atoms with E-state index in [1.165, 1.54) is 5.56 Å². The Morgan fingerprint density at radius 2 is 1.71 bits per heavy atom. The molecule has 0 aliphatic carbocycles. The molecule has 1 aromatic rings. The second-order valence-corrected chi connectivity index (χ2v) is 12.7. The zero-order valence-corrected chi connectivity index (χ0v) is 13.1. The summed E-state index contributed by atoms with van der Waals surface area (Å²) in [6, 6.07) is 10.1. The summed E-state index contributed by atoms with van der Waals surface area (Å²) in [5, 5.41) is 10.1. The highest BCUT2D eigenvalue weighted by atomic mass is 35.5. The van der Waals surface area contributed by atoms with Crippen molar-refractivity contribution in [3.63, 3.8) is 0 Å². The molecule has 0 aromatic heterocycles. The molecular formula is C13H20Cl2OSi. The van der Waals surface area contributed by atoms with Crippen LogP contribution in [0.3, 0.4) is 0 Å². The van der Waals surface area contributed by atoms with Crippen LogP contribution in [0, 0.1) is 0 Å². The maximum Gasteiger partial charge on any atom is 0.132 e. The van der Waals surface area contributed by atoms with E-state index in [9.17, 15) is 5.11 Å². The minimum absolute atomic E-state index is 0.598. The molecule has 0 aliphatic heterocycles. The molecule has 17 heavy (non-hydrogen) atoms. The third-order valence-electron chi connectivity index (χ3n) is 2.97. The summed E-state index contributed by atoms with van der Waals surface area (Å²) in [6.07, 6.45) is 0.729. The smallest absolute Gasteiger partial charge is 0.132 e. The van der Waals surface area contributed by atoms with Crippen molar-refractivity contribution in [1.82, 2.24) is 0 Å². The highest BCUT2D eigenvalue weighted by Crippen LogP contribution is 2.37. The van der Waals surface area contributed by atoms with Crippen LogP contribution in [0.25, 0.3) is 0 Å².